The van der Waals surface area contributed by atoms with Crippen LogP contribution in [0.15, 0.2) is 24.7 Å². The summed E-state index contributed by atoms with van der Waals surface area (Å²) in [6.45, 7) is 4.07. The summed E-state index contributed by atoms with van der Waals surface area (Å²) in [7, 11) is 1.33. The molecule has 1 aliphatic heterocycles. The van der Waals surface area contributed by atoms with Crippen LogP contribution in [-0.4, -0.2) is 53.7 Å². The molecule has 0 spiro atoms. The number of ether oxygens (including phenoxy) is 3. The summed E-state index contributed by atoms with van der Waals surface area (Å²) in [4.78, 5) is 38.1. The Hall–Kier alpha value is -2.94. The van der Waals surface area contributed by atoms with Crippen LogP contribution in [0.4, 0.5) is 5.69 Å². The number of nitrogens with zero attached hydrogens (tertiary/aromatic N) is 4. The van der Waals surface area contributed by atoms with Crippen molar-refractivity contribution in [2.45, 2.75) is 13.8 Å². The molecule has 0 aromatic carbocycles. The second kappa shape index (κ2) is 7.97. The van der Waals surface area contributed by atoms with E-state index in [1.54, 1.807) is 26.0 Å². The molecule has 10 heteroatoms. The number of halogens is 1. The molecule has 0 atom stereocenters. The monoisotopic (exact) mass is 406 g/mol. The van der Waals surface area contributed by atoms with Gasteiger partial charge in [-0.05, 0) is 19.9 Å². The van der Waals surface area contributed by atoms with E-state index < -0.39 is 5.41 Å². The van der Waals surface area contributed by atoms with E-state index in [9.17, 15) is 9.59 Å². The molecular formula is C18H19ClN4O5. The number of aromatic nitrogens is 3. The van der Waals surface area contributed by atoms with Crippen LogP contribution in [0.1, 0.15) is 24.2 Å². The van der Waals surface area contributed by atoms with Crippen molar-refractivity contribution in [1.82, 2.24) is 15.0 Å². The van der Waals surface area contributed by atoms with E-state index in [0.29, 0.717) is 18.1 Å². The maximum absolute atomic E-state index is 12.9. The van der Waals surface area contributed by atoms with Gasteiger partial charge in [-0.2, -0.15) is 0 Å². The van der Waals surface area contributed by atoms with Crippen molar-refractivity contribution >= 4 is 29.2 Å². The Morgan fingerprint density at radius 3 is 2.79 bits per heavy atom. The van der Waals surface area contributed by atoms with Gasteiger partial charge in [0.15, 0.2) is 0 Å². The van der Waals surface area contributed by atoms with Crippen LogP contribution in [0, 0.1) is 5.41 Å². The molecule has 1 aliphatic rings. The van der Waals surface area contributed by atoms with Gasteiger partial charge in [-0.1, -0.05) is 11.6 Å². The van der Waals surface area contributed by atoms with Crippen molar-refractivity contribution in [2.24, 2.45) is 5.41 Å². The number of amides is 1. The van der Waals surface area contributed by atoms with Crippen molar-refractivity contribution < 1.29 is 23.8 Å². The second-order valence-electron chi connectivity index (χ2n) is 6.67. The summed E-state index contributed by atoms with van der Waals surface area (Å²) < 4.78 is 15.8. The van der Waals surface area contributed by atoms with E-state index in [-0.39, 0.29) is 41.7 Å². The summed E-state index contributed by atoms with van der Waals surface area (Å²) in [5.74, 6) is -0.274. The first kappa shape index (κ1) is 19.8. The fourth-order valence-electron chi connectivity index (χ4n) is 2.56. The van der Waals surface area contributed by atoms with Gasteiger partial charge >= 0.3 is 5.97 Å². The van der Waals surface area contributed by atoms with Crippen molar-refractivity contribution in [3.8, 4) is 11.8 Å². The molecule has 0 aliphatic carbocycles. The van der Waals surface area contributed by atoms with Crippen molar-refractivity contribution in [3.63, 3.8) is 0 Å². The largest absolute Gasteiger partial charge is 0.476 e. The zero-order valence-electron chi connectivity index (χ0n) is 15.6. The Labute approximate surface area is 166 Å². The van der Waals surface area contributed by atoms with Crippen LogP contribution in [0.25, 0.3) is 0 Å². The van der Waals surface area contributed by atoms with Gasteiger partial charge in [-0.15, -0.1) is 0 Å². The van der Waals surface area contributed by atoms with Crippen LogP contribution < -0.4 is 14.4 Å². The number of pyridine rings is 1. The number of fused-ring (bicyclic) bond motifs is 1. The molecule has 0 saturated heterocycles. The standard InChI is InChI=1S/C18H19ClN4O5/c1-18(2,17(25)26-3)9-28-12-5-4-11(8-20-12)23-6-7-27-15-13(16(23)24)14(19)21-10-22-15/h4-5,8,10H,6-7,9H2,1-3H3. The lowest BCUT2D eigenvalue weighted by atomic mass is 9.95. The molecule has 0 unspecified atom stereocenters. The maximum atomic E-state index is 12.9. The topological polar surface area (TPSA) is 104 Å². The first-order valence-corrected chi connectivity index (χ1v) is 8.83. The molecule has 0 N–H and O–H groups in total. The minimum absolute atomic E-state index is 0.0276. The minimum atomic E-state index is -0.812. The lowest BCUT2D eigenvalue weighted by molar-refractivity contribution is -0.152. The number of carbonyl (C=O) groups is 2. The molecule has 0 radical (unpaired) electrons. The van der Waals surface area contributed by atoms with Crippen molar-refractivity contribution in [2.75, 3.05) is 31.8 Å². The van der Waals surface area contributed by atoms with Gasteiger partial charge in [0.1, 0.15) is 30.3 Å². The lowest BCUT2D eigenvalue weighted by Gasteiger charge is -2.22. The van der Waals surface area contributed by atoms with Crippen LogP contribution in [0.2, 0.25) is 5.15 Å². The smallest absolute Gasteiger partial charge is 0.314 e. The van der Waals surface area contributed by atoms with Gasteiger partial charge < -0.3 is 19.1 Å². The highest BCUT2D eigenvalue weighted by molar-refractivity contribution is 6.33. The molecule has 0 fully saturated rings. The minimum Gasteiger partial charge on any atom is -0.476 e. The quantitative estimate of drug-likeness (QED) is 0.549. The molecule has 28 heavy (non-hydrogen) atoms. The third-order valence-corrected chi connectivity index (χ3v) is 4.42. The van der Waals surface area contributed by atoms with Crippen LogP contribution in [-0.2, 0) is 9.53 Å². The van der Waals surface area contributed by atoms with E-state index >= 15 is 0 Å². The molecule has 148 valence electrons. The molecule has 1 amide bonds. The lowest BCUT2D eigenvalue weighted by Crippen LogP contribution is -2.33. The Balaban J connectivity index is 1.75. The highest BCUT2D eigenvalue weighted by atomic mass is 35.5. The summed E-state index contributed by atoms with van der Waals surface area (Å²) in [6, 6.07) is 3.31. The van der Waals surface area contributed by atoms with Gasteiger partial charge in [-0.25, -0.2) is 15.0 Å². The number of rotatable bonds is 5. The molecular weight excluding hydrogens is 388 g/mol. The summed E-state index contributed by atoms with van der Waals surface area (Å²) in [6.07, 6.45) is 2.74. The number of hydrogen-bond acceptors (Lipinski definition) is 8. The zero-order valence-corrected chi connectivity index (χ0v) is 16.4. The van der Waals surface area contributed by atoms with E-state index in [4.69, 9.17) is 25.8 Å². The van der Waals surface area contributed by atoms with E-state index in [1.165, 1.54) is 24.5 Å². The van der Waals surface area contributed by atoms with Gasteiger partial charge in [0.2, 0.25) is 11.8 Å². The Kier molecular flexibility index (Phi) is 5.64. The molecule has 9 nitrogen and oxygen atoms in total. The number of carbonyl (C=O) groups excluding carboxylic acids is 2. The van der Waals surface area contributed by atoms with Crippen LogP contribution >= 0.6 is 11.6 Å². The maximum Gasteiger partial charge on any atom is 0.314 e. The highest BCUT2D eigenvalue weighted by Gasteiger charge is 2.31. The first-order chi connectivity index (χ1) is 13.3. The van der Waals surface area contributed by atoms with Gasteiger partial charge in [0.05, 0.1) is 31.0 Å². The molecule has 2 aromatic heterocycles. The Bertz CT molecular complexity index is 888. The van der Waals surface area contributed by atoms with E-state index in [2.05, 4.69) is 15.0 Å². The number of anilines is 1. The molecule has 0 bridgehead atoms. The Morgan fingerprint density at radius 1 is 1.32 bits per heavy atom. The van der Waals surface area contributed by atoms with Crippen molar-refractivity contribution in [1.29, 1.82) is 0 Å². The average molecular weight is 407 g/mol. The third kappa shape index (κ3) is 3.99. The van der Waals surface area contributed by atoms with Gasteiger partial charge in [-0.3, -0.25) is 9.59 Å². The highest BCUT2D eigenvalue weighted by Crippen LogP contribution is 2.29. The predicted octanol–water partition coefficient (Wildman–Crippen LogP) is 2.14. The number of hydrogen-bond donors (Lipinski definition) is 0. The molecule has 3 rings (SSSR count). The number of esters is 1. The molecule has 0 saturated carbocycles. The SMILES string of the molecule is COC(=O)C(C)(C)COc1ccc(N2CCOc3ncnc(Cl)c3C2=O)cn1. The molecule has 3 heterocycles. The molecule has 2 aromatic rings. The summed E-state index contributed by atoms with van der Waals surface area (Å²) in [5, 5.41) is 0.0276. The third-order valence-electron chi connectivity index (χ3n) is 4.13. The first-order valence-electron chi connectivity index (χ1n) is 8.46. The summed E-state index contributed by atoms with van der Waals surface area (Å²) in [5.41, 5.74) is -0.157. The Morgan fingerprint density at radius 2 is 2.11 bits per heavy atom. The van der Waals surface area contributed by atoms with Crippen molar-refractivity contribution in [3.05, 3.63) is 35.4 Å². The second-order valence-corrected chi connectivity index (χ2v) is 7.03. The van der Waals surface area contributed by atoms with Crippen LogP contribution in [0.5, 0.6) is 11.8 Å². The van der Waals surface area contributed by atoms with Gasteiger partial charge in [0.25, 0.3) is 5.91 Å². The normalized spacial score (nSPS) is 14.0. The number of methoxy groups -OCH3 is 1. The van der Waals surface area contributed by atoms with Crippen LogP contribution in [0.3, 0.4) is 0 Å². The average Bonchev–Trinajstić information content (AvgIpc) is 2.86. The summed E-state index contributed by atoms with van der Waals surface area (Å²) >= 11 is 6.06. The van der Waals surface area contributed by atoms with Gasteiger partial charge in [0, 0.05) is 6.07 Å². The fourth-order valence-corrected chi connectivity index (χ4v) is 2.77. The van der Waals surface area contributed by atoms with E-state index in [0.717, 1.165) is 0 Å². The predicted molar refractivity (Wildman–Crippen MR) is 99.7 cm³/mol. The zero-order chi connectivity index (χ0) is 20.3. The van der Waals surface area contributed by atoms with E-state index in [1.807, 2.05) is 0 Å². The fraction of sp³-hybridized carbons (Fsp3) is 0.389.